The van der Waals surface area contributed by atoms with Crippen LogP contribution in [0.5, 0.6) is 0 Å². The first-order chi connectivity index (χ1) is 8.36. The Balaban J connectivity index is 2.69. The highest BCUT2D eigenvalue weighted by Crippen LogP contribution is 2.22. The van der Waals surface area contributed by atoms with E-state index >= 15 is 0 Å². The van der Waals surface area contributed by atoms with Crippen LogP contribution in [0.25, 0.3) is 0 Å². The summed E-state index contributed by atoms with van der Waals surface area (Å²) in [5.41, 5.74) is 8.00. The van der Waals surface area contributed by atoms with Crippen LogP contribution in [0.3, 0.4) is 0 Å². The van der Waals surface area contributed by atoms with Crippen LogP contribution < -0.4 is 11.1 Å². The normalized spacial score (nSPS) is 13.2. The standard InChI is InChI=1S/C15H24N2O/c1-5-12-6-8-13(9-7-12)15(3,4)10-17-14(18)11(2)16/h6-9,11H,5,10,16H2,1-4H3,(H,17,18)/t11-/m0/s1. The lowest BCUT2D eigenvalue weighted by atomic mass is 9.84. The Hall–Kier alpha value is -1.35. The minimum atomic E-state index is -0.455. The van der Waals surface area contributed by atoms with Crippen LogP contribution in [0.15, 0.2) is 24.3 Å². The maximum absolute atomic E-state index is 11.5. The average molecular weight is 248 g/mol. The Kier molecular flexibility index (Phi) is 4.91. The van der Waals surface area contributed by atoms with Crippen molar-refractivity contribution in [3.05, 3.63) is 35.4 Å². The van der Waals surface area contributed by atoms with E-state index in [2.05, 4.69) is 50.4 Å². The third kappa shape index (κ3) is 3.84. The summed E-state index contributed by atoms with van der Waals surface area (Å²) in [6.45, 7) is 8.67. The zero-order chi connectivity index (χ0) is 13.8. The lowest BCUT2D eigenvalue weighted by molar-refractivity contribution is -0.122. The Bertz CT molecular complexity index is 393. The number of hydrogen-bond donors (Lipinski definition) is 2. The molecule has 0 aliphatic rings. The zero-order valence-electron chi connectivity index (χ0n) is 11.8. The summed E-state index contributed by atoms with van der Waals surface area (Å²) in [6, 6.07) is 8.10. The van der Waals surface area contributed by atoms with Crippen LogP contribution in [0.2, 0.25) is 0 Å². The Labute approximate surface area is 110 Å². The van der Waals surface area contributed by atoms with Crippen molar-refractivity contribution >= 4 is 5.91 Å². The minimum Gasteiger partial charge on any atom is -0.354 e. The number of nitrogens with one attached hydrogen (secondary N) is 1. The summed E-state index contributed by atoms with van der Waals surface area (Å²) < 4.78 is 0. The molecule has 0 aromatic heterocycles. The van der Waals surface area contributed by atoms with E-state index in [1.165, 1.54) is 11.1 Å². The van der Waals surface area contributed by atoms with Gasteiger partial charge in [0.25, 0.3) is 0 Å². The molecule has 0 fully saturated rings. The van der Waals surface area contributed by atoms with Gasteiger partial charge < -0.3 is 11.1 Å². The quantitative estimate of drug-likeness (QED) is 0.837. The lowest BCUT2D eigenvalue weighted by Gasteiger charge is -2.26. The molecule has 1 aromatic carbocycles. The summed E-state index contributed by atoms with van der Waals surface area (Å²) in [5, 5.41) is 2.89. The number of aryl methyl sites for hydroxylation is 1. The van der Waals surface area contributed by atoms with Gasteiger partial charge in [-0.05, 0) is 24.5 Å². The molecule has 0 bridgehead atoms. The smallest absolute Gasteiger partial charge is 0.236 e. The number of nitrogens with two attached hydrogens (primary N) is 1. The first kappa shape index (κ1) is 14.7. The number of hydrogen-bond acceptors (Lipinski definition) is 2. The fraction of sp³-hybridized carbons (Fsp3) is 0.533. The number of amides is 1. The monoisotopic (exact) mass is 248 g/mol. The van der Waals surface area contributed by atoms with Crippen molar-refractivity contribution in [2.75, 3.05) is 6.54 Å². The molecule has 0 saturated heterocycles. The number of benzene rings is 1. The van der Waals surface area contributed by atoms with E-state index in [9.17, 15) is 4.79 Å². The second kappa shape index (κ2) is 6.01. The van der Waals surface area contributed by atoms with Gasteiger partial charge in [-0.3, -0.25) is 4.79 Å². The van der Waals surface area contributed by atoms with Crippen molar-refractivity contribution < 1.29 is 4.79 Å². The second-order valence-corrected chi connectivity index (χ2v) is 5.44. The van der Waals surface area contributed by atoms with Crippen LogP contribution in [0, 0.1) is 0 Å². The summed E-state index contributed by atoms with van der Waals surface area (Å²) in [6.07, 6.45) is 1.04. The summed E-state index contributed by atoms with van der Waals surface area (Å²) >= 11 is 0. The molecule has 1 rings (SSSR count). The SMILES string of the molecule is CCc1ccc(C(C)(C)CNC(=O)[C@H](C)N)cc1. The van der Waals surface area contributed by atoms with E-state index in [1.807, 2.05) is 0 Å². The van der Waals surface area contributed by atoms with Gasteiger partial charge in [0.1, 0.15) is 0 Å². The number of carbonyl (C=O) groups is 1. The zero-order valence-corrected chi connectivity index (χ0v) is 11.8. The molecule has 0 unspecified atom stereocenters. The molecule has 0 saturated carbocycles. The first-order valence-corrected chi connectivity index (χ1v) is 6.49. The highest BCUT2D eigenvalue weighted by Gasteiger charge is 2.21. The van der Waals surface area contributed by atoms with Gasteiger partial charge in [0.05, 0.1) is 6.04 Å². The maximum Gasteiger partial charge on any atom is 0.236 e. The molecule has 3 nitrogen and oxygen atoms in total. The lowest BCUT2D eigenvalue weighted by Crippen LogP contribution is -2.43. The van der Waals surface area contributed by atoms with Crippen molar-refractivity contribution in [1.82, 2.24) is 5.32 Å². The van der Waals surface area contributed by atoms with Crippen molar-refractivity contribution in [2.24, 2.45) is 5.73 Å². The molecule has 18 heavy (non-hydrogen) atoms. The van der Waals surface area contributed by atoms with Gasteiger partial charge in [-0.25, -0.2) is 0 Å². The molecule has 0 aliphatic carbocycles. The maximum atomic E-state index is 11.5. The Morgan fingerprint density at radius 1 is 1.33 bits per heavy atom. The number of carbonyl (C=O) groups excluding carboxylic acids is 1. The largest absolute Gasteiger partial charge is 0.354 e. The van der Waals surface area contributed by atoms with Crippen LogP contribution >= 0.6 is 0 Å². The molecule has 3 N–H and O–H groups in total. The Morgan fingerprint density at radius 3 is 2.33 bits per heavy atom. The van der Waals surface area contributed by atoms with E-state index < -0.39 is 6.04 Å². The van der Waals surface area contributed by atoms with Gasteiger partial charge in [-0.2, -0.15) is 0 Å². The molecular weight excluding hydrogens is 224 g/mol. The minimum absolute atomic E-state index is 0.0865. The topological polar surface area (TPSA) is 55.1 Å². The van der Waals surface area contributed by atoms with Crippen molar-refractivity contribution in [3.8, 4) is 0 Å². The molecule has 100 valence electrons. The van der Waals surface area contributed by atoms with Gasteiger partial charge in [-0.15, -0.1) is 0 Å². The van der Waals surface area contributed by atoms with E-state index in [1.54, 1.807) is 6.92 Å². The molecule has 1 atom stereocenters. The van der Waals surface area contributed by atoms with Gasteiger partial charge in [0.2, 0.25) is 5.91 Å². The number of rotatable bonds is 5. The third-order valence-corrected chi connectivity index (χ3v) is 3.26. The van der Waals surface area contributed by atoms with Crippen LogP contribution in [0.1, 0.15) is 38.8 Å². The molecule has 0 aliphatic heterocycles. The molecule has 0 radical (unpaired) electrons. The van der Waals surface area contributed by atoms with E-state index in [0.717, 1.165) is 6.42 Å². The second-order valence-electron chi connectivity index (χ2n) is 5.44. The molecular formula is C15H24N2O. The Morgan fingerprint density at radius 2 is 1.89 bits per heavy atom. The molecule has 0 heterocycles. The van der Waals surface area contributed by atoms with E-state index in [4.69, 9.17) is 5.73 Å². The van der Waals surface area contributed by atoms with Gasteiger partial charge in [0.15, 0.2) is 0 Å². The average Bonchev–Trinajstić information content (AvgIpc) is 2.36. The first-order valence-electron chi connectivity index (χ1n) is 6.49. The fourth-order valence-electron chi connectivity index (χ4n) is 1.76. The highest BCUT2D eigenvalue weighted by atomic mass is 16.2. The highest BCUT2D eigenvalue weighted by molar-refractivity contribution is 5.81. The van der Waals surface area contributed by atoms with E-state index in [-0.39, 0.29) is 11.3 Å². The molecule has 1 amide bonds. The van der Waals surface area contributed by atoms with Crippen molar-refractivity contribution in [2.45, 2.75) is 45.6 Å². The van der Waals surface area contributed by atoms with Gasteiger partial charge >= 0.3 is 0 Å². The summed E-state index contributed by atoms with van der Waals surface area (Å²) in [4.78, 5) is 11.5. The van der Waals surface area contributed by atoms with Crippen molar-refractivity contribution in [1.29, 1.82) is 0 Å². The molecule has 3 heteroatoms. The van der Waals surface area contributed by atoms with Crippen LogP contribution in [-0.4, -0.2) is 18.5 Å². The van der Waals surface area contributed by atoms with Gasteiger partial charge in [0, 0.05) is 12.0 Å². The van der Waals surface area contributed by atoms with Crippen LogP contribution in [-0.2, 0) is 16.6 Å². The predicted octanol–water partition coefficient (Wildman–Crippen LogP) is 1.99. The molecule has 1 aromatic rings. The predicted molar refractivity (Wildman–Crippen MR) is 75.5 cm³/mol. The summed E-state index contributed by atoms with van der Waals surface area (Å²) in [7, 11) is 0. The third-order valence-electron chi connectivity index (χ3n) is 3.26. The van der Waals surface area contributed by atoms with Gasteiger partial charge in [-0.1, -0.05) is 45.0 Å². The van der Waals surface area contributed by atoms with E-state index in [0.29, 0.717) is 6.54 Å². The van der Waals surface area contributed by atoms with Crippen molar-refractivity contribution in [3.63, 3.8) is 0 Å². The summed E-state index contributed by atoms with van der Waals surface area (Å²) in [5.74, 6) is -0.103. The molecule has 0 spiro atoms. The fourth-order valence-corrected chi connectivity index (χ4v) is 1.76. The van der Waals surface area contributed by atoms with Crippen LogP contribution in [0.4, 0.5) is 0 Å².